The number of hydrogen-bond acceptors (Lipinski definition) is 9. The molecule has 0 aliphatic rings. The molecular formula is C24H56N3O11P3S2. The van der Waals surface area contributed by atoms with E-state index >= 15 is 0 Å². The van der Waals surface area contributed by atoms with Gasteiger partial charge in [0.15, 0.2) is 0 Å². The highest BCUT2D eigenvalue weighted by Gasteiger charge is 2.36. The van der Waals surface area contributed by atoms with Crippen molar-refractivity contribution in [3.63, 3.8) is 0 Å². The van der Waals surface area contributed by atoms with Crippen molar-refractivity contribution in [3.8, 4) is 0 Å². The molecule has 0 heterocycles. The summed E-state index contributed by atoms with van der Waals surface area (Å²) in [5, 5.41) is 0. The molecule has 260 valence electrons. The van der Waals surface area contributed by atoms with E-state index in [1.807, 2.05) is 0 Å². The maximum atomic E-state index is 13.0. The molecule has 19 heteroatoms. The molecule has 43 heavy (non-hydrogen) atoms. The Bertz CT molecular complexity index is 984. The summed E-state index contributed by atoms with van der Waals surface area (Å²) in [6.45, 7) is 13.5. The predicted octanol–water partition coefficient (Wildman–Crippen LogP) is 4.97. The van der Waals surface area contributed by atoms with Gasteiger partial charge in [0.1, 0.15) is 0 Å². The van der Waals surface area contributed by atoms with Gasteiger partial charge >= 0.3 is 23.2 Å². The van der Waals surface area contributed by atoms with Crippen LogP contribution in [0.2, 0.25) is 0 Å². The van der Waals surface area contributed by atoms with Gasteiger partial charge in [-0.1, -0.05) is 0 Å². The van der Waals surface area contributed by atoms with Gasteiger partial charge < -0.3 is 9.79 Å². The molecule has 4 atom stereocenters. The van der Waals surface area contributed by atoms with Crippen molar-refractivity contribution in [2.24, 2.45) is 16.5 Å². The van der Waals surface area contributed by atoms with E-state index in [2.05, 4.69) is 0 Å². The van der Waals surface area contributed by atoms with Crippen LogP contribution in [0.1, 0.15) is 107 Å². The molecule has 0 radical (unpaired) electrons. The van der Waals surface area contributed by atoms with E-state index in [9.17, 15) is 31.9 Å². The molecule has 0 rings (SSSR count). The van der Waals surface area contributed by atoms with Gasteiger partial charge in [0.05, 0.1) is 22.4 Å². The number of nitrogens with two attached hydrogens (primary N) is 3. The molecule has 0 amide bonds. The Morgan fingerprint density at radius 1 is 0.512 bits per heavy atom. The topological polar surface area (TPSA) is 241 Å². The van der Waals surface area contributed by atoms with Gasteiger partial charge in [0.25, 0.3) is 0 Å². The molecule has 0 aromatic carbocycles. The van der Waals surface area contributed by atoms with E-state index in [1.54, 1.807) is 55.4 Å². The second-order valence-corrected chi connectivity index (χ2v) is 20.6. The summed E-state index contributed by atoms with van der Waals surface area (Å²) in [4.78, 5) is 18.4. The van der Waals surface area contributed by atoms with Gasteiger partial charge in [-0.05, 0) is 107 Å². The van der Waals surface area contributed by atoms with Crippen LogP contribution < -0.4 is 16.5 Å². The van der Waals surface area contributed by atoms with Gasteiger partial charge in [-0.3, -0.25) is 26.5 Å². The smallest absolute Gasteiger partial charge is 0.313 e. The maximum Gasteiger partial charge on any atom is 0.403 e. The molecule has 0 bridgehead atoms. The van der Waals surface area contributed by atoms with Crippen LogP contribution >= 0.6 is 23.2 Å². The van der Waals surface area contributed by atoms with Gasteiger partial charge in [0.2, 0.25) is 0 Å². The highest BCUT2D eigenvalue weighted by atomic mass is 32.2. The van der Waals surface area contributed by atoms with Crippen LogP contribution in [-0.4, -0.2) is 63.6 Å². The Labute approximate surface area is 263 Å². The van der Waals surface area contributed by atoms with Crippen LogP contribution in [0.25, 0.3) is 0 Å². The first kappa shape index (κ1) is 43.6. The van der Waals surface area contributed by atoms with Crippen molar-refractivity contribution in [1.29, 1.82) is 0 Å². The van der Waals surface area contributed by atoms with Gasteiger partial charge in [-0.15, -0.1) is 0 Å². The highest BCUT2D eigenvalue weighted by molar-refractivity contribution is 7.85. The highest BCUT2D eigenvalue weighted by Crippen LogP contribution is 2.49. The Hall–Kier alpha value is 0.630. The Morgan fingerprint density at radius 3 is 0.930 bits per heavy atom. The second kappa shape index (κ2) is 17.7. The largest absolute Gasteiger partial charge is 0.403 e. The minimum Gasteiger partial charge on any atom is -0.313 e. The van der Waals surface area contributed by atoms with E-state index in [0.717, 1.165) is 0 Å². The summed E-state index contributed by atoms with van der Waals surface area (Å²) >= 11 is 0. The second-order valence-electron chi connectivity index (χ2n) is 13.2. The third kappa shape index (κ3) is 25.4. The molecule has 0 saturated heterocycles. The van der Waals surface area contributed by atoms with Crippen LogP contribution in [0.3, 0.4) is 0 Å². The fourth-order valence-corrected chi connectivity index (χ4v) is 9.91. The average molecular weight is 720 g/mol. The van der Waals surface area contributed by atoms with Crippen LogP contribution in [0.4, 0.5) is 0 Å². The summed E-state index contributed by atoms with van der Waals surface area (Å²) < 4.78 is 81.7. The normalized spacial score (nSPS) is 19.3. The summed E-state index contributed by atoms with van der Waals surface area (Å²) in [6, 6.07) is 0. The first-order chi connectivity index (χ1) is 19.0. The van der Waals surface area contributed by atoms with Gasteiger partial charge in [-0.25, -0.2) is 30.2 Å². The van der Waals surface area contributed by atoms with Crippen molar-refractivity contribution in [3.05, 3.63) is 0 Å². The van der Waals surface area contributed by atoms with Crippen LogP contribution in [0.15, 0.2) is 0 Å². The van der Waals surface area contributed by atoms with E-state index in [4.69, 9.17) is 34.6 Å². The molecule has 0 aliphatic heterocycles. The minimum atomic E-state index is -4.11. The standard InChI is InChI=1S/C24H56N3O11P3S2/c1-21(2,35-39(25,28)29)13-9-17-42(33)19-11-15-23(5,6)37-41(27,32)38-24(7,8)16-12-20-43(34)18-10-14-22(3,4)36-40(26,30)31/h9-20H2,1-8H3,(H2,27,32)(H3,25,28,29)(H3,26,30,31). The van der Waals surface area contributed by atoms with Gasteiger partial charge in [0, 0.05) is 44.6 Å². The van der Waals surface area contributed by atoms with E-state index in [-0.39, 0.29) is 0 Å². The lowest BCUT2D eigenvalue weighted by Gasteiger charge is -2.33. The van der Waals surface area contributed by atoms with Gasteiger partial charge in [-0.2, -0.15) is 0 Å². The predicted molar refractivity (Wildman–Crippen MR) is 173 cm³/mol. The summed E-state index contributed by atoms with van der Waals surface area (Å²) in [5.41, 5.74) is 12.4. The van der Waals surface area contributed by atoms with E-state index in [0.29, 0.717) is 74.4 Å². The Balaban J connectivity index is 4.50. The lowest BCUT2D eigenvalue weighted by atomic mass is 10.0. The van der Waals surface area contributed by atoms with Crippen molar-refractivity contribution < 1.29 is 50.0 Å². The third-order valence-corrected chi connectivity index (χ3v) is 12.1. The average Bonchev–Trinajstić information content (AvgIpc) is 2.67. The van der Waals surface area contributed by atoms with Crippen molar-refractivity contribution >= 4 is 44.8 Å². The fourth-order valence-electron chi connectivity index (χ4n) is 4.44. The zero-order valence-electron chi connectivity index (χ0n) is 26.9. The minimum absolute atomic E-state index is 0.388. The molecule has 0 saturated carbocycles. The van der Waals surface area contributed by atoms with E-state index in [1.165, 1.54) is 0 Å². The SMILES string of the molecule is CC(C)(CCCS(=O)CCCC(C)(C)OP(N)(=O)OC(C)(C)CCCS(=O)CCCC(C)(C)OP(N)(=O)O)OP(N)(=O)O. The zero-order chi connectivity index (χ0) is 34.0. The Kier molecular flexibility index (Phi) is 17.9. The molecule has 14 nitrogen and oxygen atoms in total. The molecule has 0 aromatic rings. The third-order valence-electron chi connectivity index (χ3n) is 6.11. The van der Waals surface area contributed by atoms with Crippen LogP contribution in [-0.2, 0) is 53.4 Å². The molecule has 4 unspecified atom stereocenters. The van der Waals surface area contributed by atoms with Crippen LogP contribution in [0.5, 0.6) is 0 Å². The molecule has 8 N–H and O–H groups in total. The quantitative estimate of drug-likeness (QED) is 0.0828. The Morgan fingerprint density at radius 2 is 0.721 bits per heavy atom. The van der Waals surface area contributed by atoms with Crippen molar-refractivity contribution in [2.75, 3.05) is 23.0 Å². The van der Waals surface area contributed by atoms with E-state index < -0.39 is 67.2 Å². The first-order valence-corrected chi connectivity index (χ1v) is 22.1. The molecule has 0 fully saturated rings. The molecule has 0 spiro atoms. The zero-order valence-corrected chi connectivity index (χ0v) is 31.3. The molecule has 0 aromatic heterocycles. The monoisotopic (exact) mass is 719 g/mol. The fraction of sp³-hybridized carbons (Fsp3) is 1.00. The lowest BCUT2D eigenvalue weighted by Crippen LogP contribution is -2.31. The first-order valence-electron chi connectivity index (χ1n) is 14.2. The summed E-state index contributed by atoms with van der Waals surface area (Å²) in [6.07, 6.45) is 3.77. The lowest BCUT2D eigenvalue weighted by molar-refractivity contribution is 0.0241. The number of hydrogen-bond donors (Lipinski definition) is 5. The summed E-state index contributed by atoms with van der Waals surface area (Å²) in [7, 11) is -14.4. The van der Waals surface area contributed by atoms with Crippen LogP contribution in [0, 0.1) is 0 Å². The molecule has 0 aliphatic carbocycles. The maximum absolute atomic E-state index is 13.0. The van der Waals surface area contributed by atoms with Crippen molar-refractivity contribution in [1.82, 2.24) is 0 Å². The summed E-state index contributed by atoms with van der Waals surface area (Å²) in [5.74, 6) is 1.56. The molecular weight excluding hydrogens is 663 g/mol. The van der Waals surface area contributed by atoms with Crippen molar-refractivity contribution in [2.45, 2.75) is 129 Å². The number of rotatable bonds is 24.